The molecule has 1 rings (SSSR count). The van der Waals surface area contributed by atoms with Crippen molar-refractivity contribution in [3.63, 3.8) is 0 Å². The van der Waals surface area contributed by atoms with Gasteiger partial charge >= 0.3 is 6.43 Å². The Bertz CT molecular complexity index is 315. The molecule has 0 atom stereocenters. The minimum absolute atomic E-state index is 0.269. The lowest BCUT2D eigenvalue weighted by molar-refractivity contribution is -0.126. The number of alkyl halides is 2. The number of nitrogens with one attached hydrogen (secondary N) is 1. The number of amides is 1. The van der Waals surface area contributed by atoms with E-state index in [9.17, 15) is 13.6 Å². The second-order valence-electron chi connectivity index (χ2n) is 2.42. The number of nitrogens with two attached hydrogens (primary N) is 1. The maximum Gasteiger partial charge on any atom is 0.315 e. The molecule has 1 amide bonds. The molecule has 0 aliphatic rings. The number of anilines is 2. The normalized spacial score (nSPS) is 10.1. The molecule has 70 valence electrons. The summed E-state index contributed by atoms with van der Waals surface area (Å²) in [6.07, 6.45) is -3.01. The van der Waals surface area contributed by atoms with Gasteiger partial charge in [0, 0.05) is 11.4 Å². The molecule has 0 saturated heterocycles. The highest BCUT2D eigenvalue weighted by Crippen LogP contribution is 2.12. The van der Waals surface area contributed by atoms with Crippen LogP contribution in [0.4, 0.5) is 20.2 Å². The van der Waals surface area contributed by atoms with Gasteiger partial charge in [-0.15, -0.1) is 0 Å². The first kappa shape index (κ1) is 9.44. The molecule has 1 aromatic rings. The van der Waals surface area contributed by atoms with Gasteiger partial charge in [-0.3, -0.25) is 4.79 Å². The number of benzene rings is 1. The summed E-state index contributed by atoms with van der Waals surface area (Å²) in [7, 11) is 0. The fourth-order valence-corrected chi connectivity index (χ4v) is 0.813. The zero-order valence-electron chi connectivity index (χ0n) is 6.63. The predicted molar refractivity (Wildman–Crippen MR) is 45.5 cm³/mol. The van der Waals surface area contributed by atoms with Crippen molar-refractivity contribution in [1.82, 2.24) is 0 Å². The van der Waals surface area contributed by atoms with Crippen LogP contribution in [0.3, 0.4) is 0 Å². The van der Waals surface area contributed by atoms with Crippen LogP contribution in [-0.4, -0.2) is 12.3 Å². The van der Waals surface area contributed by atoms with Crippen LogP contribution < -0.4 is 11.1 Å². The molecule has 0 saturated carbocycles. The van der Waals surface area contributed by atoms with E-state index >= 15 is 0 Å². The first-order valence-electron chi connectivity index (χ1n) is 3.54. The van der Waals surface area contributed by atoms with Gasteiger partial charge in [0.1, 0.15) is 0 Å². The molecule has 0 unspecified atom stereocenters. The van der Waals surface area contributed by atoms with Crippen LogP contribution in [0.5, 0.6) is 0 Å². The highest BCUT2D eigenvalue weighted by atomic mass is 19.3. The molecule has 0 bridgehead atoms. The van der Waals surface area contributed by atoms with Crippen LogP contribution in [0.1, 0.15) is 0 Å². The van der Waals surface area contributed by atoms with Gasteiger partial charge in [0.25, 0.3) is 5.91 Å². The van der Waals surface area contributed by atoms with Crippen LogP contribution in [0, 0.1) is 0 Å². The zero-order valence-corrected chi connectivity index (χ0v) is 6.63. The third-order valence-corrected chi connectivity index (χ3v) is 1.35. The van der Waals surface area contributed by atoms with Crippen molar-refractivity contribution in [2.75, 3.05) is 11.1 Å². The molecular weight excluding hydrogens is 178 g/mol. The Kier molecular flexibility index (Phi) is 2.79. The van der Waals surface area contributed by atoms with Crippen molar-refractivity contribution in [3.05, 3.63) is 24.3 Å². The van der Waals surface area contributed by atoms with Gasteiger partial charge in [0.15, 0.2) is 0 Å². The van der Waals surface area contributed by atoms with Crippen molar-refractivity contribution >= 4 is 17.3 Å². The third-order valence-electron chi connectivity index (χ3n) is 1.35. The first-order valence-corrected chi connectivity index (χ1v) is 3.54. The average Bonchev–Trinajstić information content (AvgIpc) is 2.04. The first-order chi connectivity index (χ1) is 6.09. The average molecular weight is 186 g/mol. The predicted octanol–water partition coefficient (Wildman–Crippen LogP) is 1.47. The molecule has 0 radical (unpaired) electrons. The van der Waals surface area contributed by atoms with Crippen molar-refractivity contribution in [3.8, 4) is 0 Å². The maximum absolute atomic E-state index is 11.8. The van der Waals surface area contributed by atoms with Gasteiger partial charge in [-0.2, -0.15) is 8.78 Å². The van der Waals surface area contributed by atoms with Crippen LogP contribution >= 0.6 is 0 Å². The van der Waals surface area contributed by atoms with Gasteiger partial charge in [0.2, 0.25) is 0 Å². The van der Waals surface area contributed by atoms with Gasteiger partial charge in [-0.05, 0) is 18.2 Å². The molecule has 0 spiro atoms. The third kappa shape index (κ3) is 2.70. The summed E-state index contributed by atoms with van der Waals surface area (Å²) in [6, 6.07) is 6.05. The van der Waals surface area contributed by atoms with Crippen LogP contribution in [0.25, 0.3) is 0 Å². The van der Waals surface area contributed by atoms with E-state index in [4.69, 9.17) is 5.73 Å². The standard InChI is InChI=1S/C8H8F2N2O/c9-7(10)8(13)12-6-3-1-2-5(11)4-6/h1-4,7H,11H2,(H,12,13). The number of carbonyl (C=O) groups is 1. The molecule has 13 heavy (non-hydrogen) atoms. The molecule has 0 aliphatic heterocycles. The SMILES string of the molecule is Nc1cccc(NC(=O)C(F)F)c1. The smallest absolute Gasteiger partial charge is 0.315 e. The van der Waals surface area contributed by atoms with Crippen LogP contribution in [-0.2, 0) is 4.79 Å². The lowest BCUT2D eigenvalue weighted by Crippen LogP contribution is -2.19. The van der Waals surface area contributed by atoms with E-state index in [0.717, 1.165) is 0 Å². The van der Waals surface area contributed by atoms with Crippen molar-refractivity contribution in [2.45, 2.75) is 6.43 Å². The Hall–Kier alpha value is -1.65. The number of hydrogen-bond acceptors (Lipinski definition) is 2. The molecule has 3 nitrogen and oxygen atoms in total. The zero-order chi connectivity index (χ0) is 9.84. The van der Waals surface area contributed by atoms with E-state index in [-0.39, 0.29) is 5.69 Å². The molecule has 0 aliphatic carbocycles. The van der Waals surface area contributed by atoms with Crippen molar-refractivity contribution in [2.24, 2.45) is 0 Å². The Morgan fingerprint density at radius 3 is 2.69 bits per heavy atom. The van der Waals surface area contributed by atoms with Crippen molar-refractivity contribution in [1.29, 1.82) is 0 Å². The summed E-state index contributed by atoms with van der Waals surface area (Å²) in [6.45, 7) is 0. The Labute approximate surface area is 73.5 Å². The largest absolute Gasteiger partial charge is 0.399 e. The number of carbonyl (C=O) groups excluding carboxylic acids is 1. The topological polar surface area (TPSA) is 55.1 Å². The van der Waals surface area contributed by atoms with E-state index in [0.29, 0.717) is 5.69 Å². The summed E-state index contributed by atoms with van der Waals surface area (Å²) in [5.41, 5.74) is 6.05. The fourth-order valence-electron chi connectivity index (χ4n) is 0.813. The number of nitrogen functional groups attached to an aromatic ring is 1. The Morgan fingerprint density at radius 1 is 1.46 bits per heavy atom. The van der Waals surface area contributed by atoms with Gasteiger partial charge in [-0.25, -0.2) is 0 Å². The minimum Gasteiger partial charge on any atom is -0.399 e. The summed E-state index contributed by atoms with van der Waals surface area (Å²) in [4.78, 5) is 10.5. The monoisotopic (exact) mass is 186 g/mol. The molecule has 0 aromatic heterocycles. The summed E-state index contributed by atoms with van der Waals surface area (Å²) >= 11 is 0. The van der Waals surface area contributed by atoms with E-state index in [1.165, 1.54) is 12.1 Å². The Balaban J connectivity index is 2.69. The number of halogens is 2. The highest BCUT2D eigenvalue weighted by Gasteiger charge is 2.14. The van der Waals surface area contributed by atoms with Crippen LogP contribution in [0.15, 0.2) is 24.3 Å². The van der Waals surface area contributed by atoms with E-state index in [1.807, 2.05) is 5.32 Å². The van der Waals surface area contributed by atoms with Gasteiger partial charge in [0.05, 0.1) is 0 Å². The molecule has 5 heteroatoms. The minimum atomic E-state index is -3.01. The second-order valence-corrected chi connectivity index (χ2v) is 2.42. The lowest BCUT2D eigenvalue weighted by atomic mass is 10.3. The fraction of sp³-hybridized carbons (Fsp3) is 0.125. The highest BCUT2D eigenvalue weighted by molar-refractivity contribution is 5.93. The Morgan fingerprint density at radius 2 is 2.15 bits per heavy atom. The molecule has 3 N–H and O–H groups in total. The second kappa shape index (κ2) is 3.84. The summed E-state index contributed by atoms with van der Waals surface area (Å²) < 4.78 is 23.5. The lowest BCUT2D eigenvalue weighted by Gasteiger charge is -2.04. The molecule has 0 fully saturated rings. The van der Waals surface area contributed by atoms with Gasteiger partial charge in [-0.1, -0.05) is 6.07 Å². The maximum atomic E-state index is 11.8. The van der Waals surface area contributed by atoms with E-state index in [1.54, 1.807) is 12.1 Å². The van der Waals surface area contributed by atoms with Crippen LogP contribution in [0.2, 0.25) is 0 Å². The van der Waals surface area contributed by atoms with E-state index < -0.39 is 12.3 Å². The quantitative estimate of drug-likeness (QED) is 0.687. The van der Waals surface area contributed by atoms with E-state index in [2.05, 4.69) is 0 Å². The summed E-state index contributed by atoms with van der Waals surface area (Å²) in [5, 5.41) is 2.01. The molecule has 1 aromatic carbocycles. The van der Waals surface area contributed by atoms with Gasteiger partial charge < -0.3 is 11.1 Å². The molecule has 0 heterocycles. The number of rotatable bonds is 2. The number of hydrogen-bond donors (Lipinski definition) is 2. The molecular formula is C8H8F2N2O. The van der Waals surface area contributed by atoms with Crippen molar-refractivity contribution < 1.29 is 13.6 Å². The summed E-state index contributed by atoms with van der Waals surface area (Å²) in [5.74, 6) is -1.33.